The second-order valence-electron chi connectivity index (χ2n) is 4.76. The highest BCUT2D eigenvalue weighted by Crippen LogP contribution is 2.34. The van der Waals surface area contributed by atoms with Crippen molar-refractivity contribution < 1.29 is 9.53 Å². The van der Waals surface area contributed by atoms with Crippen molar-refractivity contribution in [2.45, 2.75) is 6.42 Å². The molecule has 2 aromatic rings. The average Bonchev–Trinajstić information content (AvgIpc) is 2.87. The Bertz CT molecular complexity index is 718. The molecule has 100 valence electrons. The van der Waals surface area contributed by atoms with Crippen LogP contribution >= 0.6 is 0 Å². The molecule has 1 unspecified atom stereocenters. The number of benzene rings is 1. The van der Waals surface area contributed by atoms with Gasteiger partial charge in [-0.3, -0.25) is 9.78 Å². The molecule has 1 fully saturated rings. The van der Waals surface area contributed by atoms with Gasteiger partial charge in [0.2, 0.25) is 5.91 Å². The maximum atomic E-state index is 12.1. The molecule has 0 N–H and O–H groups in total. The number of terminal acetylenes is 1. The molecule has 3 rings (SSSR count). The van der Waals surface area contributed by atoms with Crippen LogP contribution in [0.1, 0.15) is 6.42 Å². The molecule has 0 bridgehead atoms. The van der Waals surface area contributed by atoms with Crippen molar-refractivity contribution >= 4 is 22.5 Å². The summed E-state index contributed by atoms with van der Waals surface area (Å²) in [6, 6.07) is 7.52. The number of fused-ring (bicyclic) bond motifs is 1. The quantitative estimate of drug-likeness (QED) is 0.783. The summed E-state index contributed by atoms with van der Waals surface area (Å²) in [5.74, 6) is 3.40. The number of nitrogens with zero attached hydrogens (tertiary/aromatic N) is 2. The highest BCUT2D eigenvalue weighted by molar-refractivity contribution is 6.05. The molecule has 0 aliphatic carbocycles. The van der Waals surface area contributed by atoms with Gasteiger partial charge in [-0.05, 0) is 24.3 Å². The van der Waals surface area contributed by atoms with E-state index in [1.54, 1.807) is 18.2 Å². The second kappa shape index (κ2) is 4.86. The summed E-state index contributed by atoms with van der Waals surface area (Å²) < 4.78 is 5.32. The van der Waals surface area contributed by atoms with E-state index < -0.39 is 0 Å². The maximum absolute atomic E-state index is 12.1. The van der Waals surface area contributed by atoms with Crippen LogP contribution in [0.25, 0.3) is 10.9 Å². The number of ether oxygens (including phenoxy) is 1. The van der Waals surface area contributed by atoms with Crippen LogP contribution in [0.15, 0.2) is 30.5 Å². The van der Waals surface area contributed by atoms with Crippen molar-refractivity contribution in [2.24, 2.45) is 5.92 Å². The molecular weight excluding hydrogens is 252 g/mol. The van der Waals surface area contributed by atoms with E-state index in [-0.39, 0.29) is 11.8 Å². The lowest BCUT2D eigenvalue weighted by molar-refractivity contribution is -0.117. The normalized spacial score (nSPS) is 18.3. The van der Waals surface area contributed by atoms with Crippen molar-refractivity contribution in [3.8, 4) is 18.1 Å². The Labute approximate surface area is 117 Å². The van der Waals surface area contributed by atoms with E-state index in [4.69, 9.17) is 11.2 Å². The van der Waals surface area contributed by atoms with E-state index in [1.165, 1.54) is 0 Å². The molecule has 1 aliphatic rings. The Morgan fingerprint density at radius 2 is 2.30 bits per heavy atom. The summed E-state index contributed by atoms with van der Waals surface area (Å²) in [6.07, 6.45) is 7.55. The van der Waals surface area contributed by atoms with Gasteiger partial charge < -0.3 is 9.64 Å². The molecule has 1 atom stereocenters. The van der Waals surface area contributed by atoms with E-state index in [2.05, 4.69) is 10.9 Å². The lowest BCUT2D eigenvalue weighted by Crippen LogP contribution is -2.24. The molecule has 0 radical (unpaired) electrons. The molecule has 1 aromatic heterocycles. The van der Waals surface area contributed by atoms with Crippen LogP contribution in [0.2, 0.25) is 0 Å². The van der Waals surface area contributed by atoms with Gasteiger partial charge in [-0.2, -0.15) is 0 Å². The van der Waals surface area contributed by atoms with Crippen molar-refractivity contribution in [3.63, 3.8) is 0 Å². The number of carbonyl (C=O) groups excluding carboxylic acids is 1. The summed E-state index contributed by atoms with van der Waals surface area (Å²) >= 11 is 0. The highest BCUT2D eigenvalue weighted by Gasteiger charge is 2.30. The number of anilines is 1. The van der Waals surface area contributed by atoms with E-state index in [9.17, 15) is 4.79 Å². The molecule has 1 amide bonds. The topological polar surface area (TPSA) is 42.4 Å². The zero-order valence-electron chi connectivity index (χ0n) is 11.2. The van der Waals surface area contributed by atoms with E-state index in [0.717, 1.165) is 16.6 Å². The molecule has 0 saturated carbocycles. The molecule has 0 spiro atoms. The monoisotopic (exact) mass is 266 g/mol. The molecular formula is C16H14N2O2. The van der Waals surface area contributed by atoms with Crippen molar-refractivity contribution in [2.75, 3.05) is 18.6 Å². The van der Waals surface area contributed by atoms with Crippen molar-refractivity contribution in [3.05, 3.63) is 30.5 Å². The second-order valence-corrected chi connectivity index (χ2v) is 4.76. The van der Waals surface area contributed by atoms with Gasteiger partial charge in [0, 0.05) is 30.5 Å². The third-order valence-electron chi connectivity index (χ3n) is 3.58. The summed E-state index contributed by atoms with van der Waals surface area (Å²) in [6.45, 7) is 0.561. The predicted molar refractivity (Wildman–Crippen MR) is 77.6 cm³/mol. The molecule has 1 saturated heterocycles. The molecule has 4 heteroatoms. The fraction of sp³-hybridized carbons (Fsp3) is 0.250. The highest BCUT2D eigenvalue weighted by atomic mass is 16.5. The van der Waals surface area contributed by atoms with Crippen molar-refractivity contribution in [1.82, 2.24) is 4.98 Å². The smallest absolute Gasteiger partial charge is 0.228 e. The number of methoxy groups -OCH3 is 1. The van der Waals surface area contributed by atoms with Crippen LogP contribution < -0.4 is 9.64 Å². The average molecular weight is 266 g/mol. The van der Waals surface area contributed by atoms with E-state index in [1.807, 2.05) is 24.3 Å². The summed E-state index contributed by atoms with van der Waals surface area (Å²) in [7, 11) is 1.61. The molecule has 2 heterocycles. The summed E-state index contributed by atoms with van der Waals surface area (Å²) in [5.41, 5.74) is 1.60. The number of aromatic nitrogens is 1. The Balaban J connectivity index is 2.14. The summed E-state index contributed by atoms with van der Waals surface area (Å²) in [4.78, 5) is 18.2. The van der Waals surface area contributed by atoms with Gasteiger partial charge in [-0.1, -0.05) is 0 Å². The molecule has 1 aliphatic heterocycles. The standard InChI is InChI=1S/C16H14N2O2/c1-3-11-9-15(19)18(10-11)13-6-7-14(20-2)16-12(13)5-4-8-17-16/h1,4-8,11H,9-10H2,2H3. The SMILES string of the molecule is C#CC1CC(=O)N(c2ccc(OC)c3ncccc23)C1. The zero-order chi connectivity index (χ0) is 14.1. The first-order valence-corrected chi connectivity index (χ1v) is 6.43. The van der Waals surface area contributed by atoms with Crippen LogP contribution in [0.4, 0.5) is 5.69 Å². The minimum atomic E-state index is -0.0173. The number of amides is 1. The zero-order valence-corrected chi connectivity index (χ0v) is 11.2. The van der Waals surface area contributed by atoms with Gasteiger partial charge in [0.15, 0.2) is 0 Å². The third-order valence-corrected chi connectivity index (χ3v) is 3.58. The Morgan fingerprint density at radius 1 is 1.45 bits per heavy atom. The van der Waals surface area contributed by atoms with Gasteiger partial charge in [-0.15, -0.1) is 12.3 Å². The number of pyridine rings is 1. The van der Waals surface area contributed by atoms with Crippen LogP contribution in [-0.2, 0) is 4.79 Å². The lowest BCUT2D eigenvalue weighted by atomic mass is 10.1. The minimum Gasteiger partial charge on any atom is -0.494 e. The van der Waals surface area contributed by atoms with Gasteiger partial charge in [0.1, 0.15) is 11.3 Å². The van der Waals surface area contributed by atoms with Crippen LogP contribution in [-0.4, -0.2) is 24.5 Å². The van der Waals surface area contributed by atoms with Gasteiger partial charge in [-0.25, -0.2) is 0 Å². The van der Waals surface area contributed by atoms with Crippen LogP contribution in [0.3, 0.4) is 0 Å². The summed E-state index contributed by atoms with van der Waals surface area (Å²) in [5, 5.41) is 0.901. The Kier molecular flexibility index (Phi) is 3.03. The number of hydrogen-bond acceptors (Lipinski definition) is 3. The van der Waals surface area contributed by atoms with Crippen LogP contribution in [0, 0.1) is 18.3 Å². The fourth-order valence-electron chi connectivity index (χ4n) is 2.58. The number of rotatable bonds is 2. The fourth-order valence-corrected chi connectivity index (χ4v) is 2.58. The van der Waals surface area contributed by atoms with Gasteiger partial charge in [0.05, 0.1) is 12.8 Å². The first-order chi connectivity index (χ1) is 9.74. The molecule has 4 nitrogen and oxygen atoms in total. The number of hydrogen-bond donors (Lipinski definition) is 0. The van der Waals surface area contributed by atoms with E-state index in [0.29, 0.717) is 18.7 Å². The van der Waals surface area contributed by atoms with Gasteiger partial charge >= 0.3 is 0 Å². The molecule has 1 aromatic carbocycles. The predicted octanol–water partition coefficient (Wildman–Crippen LogP) is 2.23. The van der Waals surface area contributed by atoms with E-state index >= 15 is 0 Å². The first kappa shape index (κ1) is 12.5. The lowest BCUT2D eigenvalue weighted by Gasteiger charge is -2.19. The minimum absolute atomic E-state index is 0.0173. The maximum Gasteiger partial charge on any atom is 0.228 e. The third kappa shape index (κ3) is 1.88. The largest absolute Gasteiger partial charge is 0.494 e. The first-order valence-electron chi connectivity index (χ1n) is 6.43. The molecule has 20 heavy (non-hydrogen) atoms. The Morgan fingerprint density at radius 3 is 3.00 bits per heavy atom. The Hall–Kier alpha value is -2.54. The van der Waals surface area contributed by atoms with Crippen LogP contribution in [0.5, 0.6) is 5.75 Å². The van der Waals surface area contributed by atoms with Gasteiger partial charge in [0.25, 0.3) is 0 Å². The number of carbonyl (C=O) groups is 1. The van der Waals surface area contributed by atoms with Crippen molar-refractivity contribution in [1.29, 1.82) is 0 Å².